The smallest absolute Gasteiger partial charge is 0.153 e. The molecule has 1 aliphatic rings. The zero-order valence-electron chi connectivity index (χ0n) is 12.8. The fraction of sp³-hybridized carbons (Fsp3) is 0.529. The zero-order valence-corrected chi connectivity index (χ0v) is 12.8. The van der Waals surface area contributed by atoms with Gasteiger partial charge in [0.1, 0.15) is 5.65 Å². The van der Waals surface area contributed by atoms with Gasteiger partial charge in [-0.15, -0.1) is 0 Å². The molecule has 2 aromatic heterocycles. The minimum absolute atomic E-state index is 0.573. The molecule has 1 atom stereocenters. The number of fused-ring (bicyclic) bond motifs is 1. The molecule has 0 radical (unpaired) electrons. The Kier molecular flexibility index (Phi) is 4.06. The van der Waals surface area contributed by atoms with Crippen LogP contribution in [0.25, 0.3) is 5.65 Å². The predicted octanol–water partition coefficient (Wildman–Crippen LogP) is 2.95. The van der Waals surface area contributed by atoms with Crippen LogP contribution in [0.5, 0.6) is 0 Å². The summed E-state index contributed by atoms with van der Waals surface area (Å²) in [6.45, 7) is 5.73. The van der Waals surface area contributed by atoms with Crippen LogP contribution in [0.15, 0.2) is 24.5 Å². The third-order valence-electron chi connectivity index (χ3n) is 4.47. The van der Waals surface area contributed by atoms with Gasteiger partial charge in [-0.25, -0.2) is 4.98 Å². The van der Waals surface area contributed by atoms with Gasteiger partial charge in [-0.05, 0) is 45.4 Å². The number of piperidine rings is 1. The number of pyridine rings is 1. The van der Waals surface area contributed by atoms with Crippen molar-refractivity contribution in [3.8, 4) is 0 Å². The fourth-order valence-electron chi connectivity index (χ4n) is 3.44. The first-order valence-corrected chi connectivity index (χ1v) is 7.86. The van der Waals surface area contributed by atoms with E-state index in [0.29, 0.717) is 17.6 Å². The van der Waals surface area contributed by atoms with Crippen LogP contribution in [0, 0.1) is 0 Å². The Morgan fingerprint density at radius 2 is 2.29 bits per heavy atom. The molecule has 21 heavy (non-hydrogen) atoms. The number of aromatic nitrogens is 2. The quantitative estimate of drug-likeness (QED) is 0.811. The van der Waals surface area contributed by atoms with Crippen molar-refractivity contribution >= 4 is 11.9 Å². The maximum atomic E-state index is 11.1. The Morgan fingerprint density at radius 1 is 1.43 bits per heavy atom. The monoisotopic (exact) mass is 285 g/mol. The largest absolute Gasteiger partial charge is 0.306 e. The van der Waals surface area contributed by atoms with Crippen LogP contribution in [0.1, 0.15) is 49.2 Å². The maximum Gasteiger partial charge on any atom is 0.153 e. The highest BCUT2D eigenvalue weighted by molar-refractivity contribution is 5.84. The van der Waals surface area contributed by atoms with Crippen LogP contribution in [0.2, 0.25) is 0 Å². The molecular weight excluding hydrogens is 262 g/mol. The third kappa shape index (κ3) is 2.86. The van der Waals surface area contributed by atoms with Gasteiger partial charge < -0.3 is 4.40 Å². The van der Waals surface area contributed by atoms with Crippen LogP contribution in [-0.2, 0) is 6.42 Å². The van der Waals surface area contributed by atoms with Crippen LogP contribution >= 0.6 is 0 Å². The van der Waals surface area contributed by atoms with Gasteiger partial charge >= 0.3 is 0 Å². The van der Waals surface area contributed by atoms with E-state index < -0.39 is 0 Å². The minimum atomic E-state index is 0.573. The molecular formula is C17H23N3O. The van der Waals surface area contributed by atoms with Gasteiger partial charge in [0, 0.05) is 30.9 Å². The number of aldehydes is 1. The number of likely N-dealkylation sites (tertiary alicyclic amines) is 1. The first kappa shape index (κ1) is 14.3. The molecule has 0 bridgehead atoms. The van der Waals surface area contributed by atoms with E-state index in [9.17, 15) is 4.79 Å². The SMILES string of the molecule is CC(C)N1CCCCC1Cc1cn2cccc(C=O)c2n1. The summed E-state index contributed by atoms with van der Waals surface area (Å²) in [5.41, 5.74) is 2.52. The van der Waals surface area contributed by atoms with Crippen molar-refractivity contribution in [1.29, 1.82) is 0 Å². The number of imidazole rings is 1. The van der Waals surface area contributed by atoms with Crippen LogP contribution in [0.4, 0.5) is 0 Å². The predicted molar refractivity (Wildman–Crippen MR) is 83.8 cm³/mol. The average Bonchev–Trinajstić information content (AvgIpc) is 2.89. The molecule has 0 saturated carbocycles. The van der Waals surface area contributed by atoms with Gasteiger partial charge in [0.2, 0.25) is 0 Å². The Labute approximate surface area is 125 Å². The highest BCUT2D eigenvalue weighted by Crippen LogP contribution is 2.23. The molecule has 3 heterocycles. The van der Waals surface area contributed by atoms with Crippen molar-refractivity contribution in [3.63, 3.8) is 0 Å². The summed E-state index contributed by atoms with van der Waals surface area (Å²) in [5.74, 6) is 0. The van der Waals surface area contributed by atoms with E-state index >= 15 is 0 Å². The molecule has 0 aliphatic carbocycles. The second kappa shape index (κ2) is 5.98. The molecule has 1 saturated heterocycles. The van der Waals surface area contributed by atoms with Crippen LogP contribution in [-0.4, -0.2) is 39.2 Å². The lowest BCUT2D eigenvalue weighted by Gasteiger charge is -2.38. The molecule has 3 rings (SSSR count). The van der Waals surface area contributed by atoms with E-state index in [1.165, 1.54) is 25.8 Å². The van der Waals surface area contributed by atoms with E-state index in [2.05, 4.69) is 29.9 Å². The fourth-order valence-corrected chi connectivity index (χ4v) is 3.44. The first-order valence-electron chi connectivity index (χ1n) is 7.86. The molecule has 0 aromatic carbocycles. The van der Waals surface area contributed by atoms with Crippen molar-refractivity contribution in [2.45, 2.75) is 51.6 Å². The lowest BCUT2D eigenvalue weighted by molar-refractivity contribution is 0.111. The zero-order chi connectivity index (χ0) is 14.8. The Bertz CT molecular complexity index is 632. The van der Waals surface area contributed by atoms with Crippen LogP contribution in [0.3, 0.4) is 0 Å². The highest BCUT2D eigenvalue weighted by Gasteiger charge is 2.25. The second-order valence-corrected chi connectivity index (χ2v) is 6.23. The van der Waals surface area contributed by atoms with Crippen molar-refractivity contribution in [1.82, 2.24) is 14.3 Å². The number of hydrogen-bond acceptors (Lipinski definition) is 3. The van der Waals surface area contributed by atoms with Gasteiger partial charge in [0.05, 0.1) is 11.3 Å². The summed E-state index contributed by atoms with van der Waals surface area (Å²) in [4.78, 5) is 18.4. The topological polar surface area (TPSA) is 37.6 Å². The molecule has 4 heteroatoms. The summed E-state index contributed by atoms with van der Waals surface area (Å²) < 4.78 is 1.96. The van der Waals surface area contributed by atoms with E-state index in [-0.39, 0.29) is 0 Å². The molecule has 4 nitrogen and oxygen atoms in total. The highest BCUT2D eigenvalue weighted by atomic mass is 16.1. The summed E-state index contributed by atoms with van der Waals surface area (Å²) in [6.07, 6.45) is 9.73. The van der Waals surface area contributed by atoms with Crippen molar-refractivity contribution < 1.29 is 4.79 Å². The Hall–Kier alpha value is -1.68. The molecule has 2 aromatic rings. The number of nitrogens with zero attached hydrogens (tertiary/aromatic N) is 3. The van der Waals surface area contributed by atoms with Crippen molar-refractivity contribution in [2.75, 3.05) is 6.54 Å². The number of carbonyl (C=O) groups excluding carboxylic acids is 1. The summed E-state index contributed by atoms with van der Waals surface area (Å²) in [7, 11) is 0. The molecule has 0 amide bonds. The lowest BCUT2D eigenvalue weighted by Crippen LogP contribution is -2.45. The van der Waals surface area contributed by atoms with Gasteiger partial charge in [-0.2, -0.15) is 0 Å². The van der Waals surface area contributed by atoms with Crippen molar-refractivity contribution in [3.05, 3.63) is 35.8 Å². The minimum Gasteiger partial charge on any atom is -0.306 e. The molecule has 1 unspecified atom stereocenters. The van der Waals surface area contributed by atoms with E-state index in [4.69, 9.17) is 0 Å². The first-order chi connectivity index (χ1) is 10.2. The second-order valence-electron chi connectivity index (χ2n) is 6.23. The van der Waals surface area contributed by atoms with Gasteiger partial charge in [0.15, 0.2) is 6.29 Å². The number of rotatable bonds is 4. The average molecular weight is 285 g/mol. The molecule has 0 N–H and O–H groups in total. The molecule has 0 spiro atoms. The van der Waals surface area contributed by atoms with Gasteiger partial charge in [0.25, 0.3) is 0 Å². The number of hydrogen-bond donors (Lipinski definition) is 0. The number of carbonyl (C=O) groups is 1. The van der Waals surface area contributed by atoms with E-state index in [1.54, 1.807) is 0 Å². The van der Waals surface area contributed by atoms with Crippen LogP contribution < -0.4 is 0 Å². The molecule has 1 fully saturated rings. The summed E-state index contributed by atoms with van der Waals surface area (Å²) in [6, 6.07) is 4.87. The van der Waals surface area contributed by atoms with Gasteiger partial charge in [-0.1, -0.05) is 6.42 Å². The molecule has 1 aliphatic heterocycles. The van der Waals surface area contributed by atoms with Gasteiger partial charge in [-0.3, -0.25) is 9.69 Å². The normalized spacial score (nSPS) is 20.2. The summed E-state index contributed by atoms with van der Waals surface area (Å²) in [5, 5.41) is 0. The van der Waals surface area contributed by atoms with Crippen molar-refractivity contribution in [2.24, 2.45) is 0 Å². The maximum absolute atomic E-state index is 11.1. The third-order valence-corrected chi connectivity index (χ3v) is 4.47. The van der Waals surface area contributed by atoms with E-state index in [1.807, 2.05) is 22.7 Å². The summed E-state index contributed by atoms with van der Waals surface area (Å²) >= 11 is 0. The van der Waals surface area contributed by atoms with E-state index in [0.717, 1.165) is 24.0 Å². The standard InChI is InChI=1S/C17H23N3O/c1-13(2)20-9-4-3-7-16(20)10-15-11-19-8-5-6-14(12-21)17(19)18-15/h5-6,8,11-13,16H,3-4,7,9-10H2,1-2H3. The Balaban J connectivity index is 1.85. The molecule has 112 valence electrons. The lowest BCUT2D eigenvalue weighted by atomic mass is 9.97. The Morgan fingerprint density at radius 3 is 3.05 bits per heavy atom.